The number of hydrogen-bond acceptors (Lipinski definition) is 6. The fourth-order valence-electron chi connectivity index (χ4n) is 5.39. The van der Waals surface area contributed by atoms with Crippen LogP contribution in [0.3, 0.4) is 0 Å². The van der Waals surface area contributed by atoms with E-state index in [1.807, 2.05) is 55.6 Å². The SMILES string of the molecule is CCCCCCCOc1ccc(-c2cnc(-c3ccc(C[C@H](NC(=O)c4ccc(C(C)(C)C)s4)C(=O)N[C@H](C)C(=O)O)cc3)c(C)c2)cc1. The Hall–Kier alpha value is -4.50. The van der Waals surface area contributed by atoms with Crippen LogP contribution in [0.25, 0.3) is 22.4 Å². The first-order chi connectivity index (χ1) is 23.3. The highest BCUT2D eigenvalue weighted by Gasteiger charge is 2.26. The number of nitrogens with zero attached hydrogens (tertiary/aromatic N) is 1. The number of ether oxygens (including phenoxy) is 1. The predicted octanol–water partition coefficient (Wildman–Crippen LogP) is 8.36. The molecule has 4 rings (SSSR count). The standard InChI is InChI=1S/C40H49N3O5S/c1-7-8-9-10-11-22-48-32-18-16-29(17-19-32)31-23-26(2)36(41-25-31)30-14-12-28(13-15-30)24-33(37(44)42-27(3)39(46)47)43-38(45)34-20-21-35(49-34)40(4,5)6/h12-21,23,25,27,33H,7-11,22,24H2,1-6H3,(H,42,44)(H,43,45)(H,46,47)/t27-,33+/m1/s1. The maximum atomic E-state index is 13.2. The number of rotatable bonds is 16. The van der Waals surface area contributed by atoms with Crippen LogP contribution in [-0.2, 0) is 21.4 Å². The molecule has 0 aliphatic heterocycles. The maximum Gasteiger partial charge on any atom is 0.325 e. The smallest absolute Gasteiger partial charge is 0.325 e. The highest BCUT2D eigenvalue weighted by Crippen LogP contribution is 2.30. The zero-order valence-corrected chi connectivity index (χ0v) is 30.3. The van der Waals surface area contributed by atoms with Crippen molar-refractivity contribution in [1.82, 2.24) is 15.6 Å². The van der Waals surface area contributed by atoms with Crippen LogP contribution in [0.4, 0.5) is 0 Å². The molecule has 2 aromatic heterocycles. The molecule has 49 heavy (non-hydrogen) atoms. The van der Waals surface area contributed by atoms with Crippen LogP contribution in [0, 0.1) is 6.92 Å². The van der Waals surface area contributed by atoms with Gasteiger partial charge in [-0.15, -0.1) is 11.3 Å². The molecule has 0 fully saturated rings. The van der Waals surface area contributed by atoms with Gasteiger partial charge >= 0.3 is 5.97 Å². The van der Waals surface area contributed by atoms with Gasteiger partial charge in [0, 0.05) is 28.6 Å². The Labute approximate surface area is 294 Å². The summed E-state index contributed by atoms with van der Waals surface area (Å²) in [5.74, 6) is -1.22. The topological polar surface area (TPSA) is 118 Å². The molecule has 2 atom stereocenters. The third-order valence-corrected chi connectivity index (χ3v) is 9.88. The van der Waals surface area contributed by atoms with Gasteiger partial charge in [0.2, 0.25) is 5.91 Å². The van der Waals surface area contributed by atoms with Gasteiger partial charge in [0.25, 0.3) is 5.91 Å². The number of benzene rings is 2. The number of nitrogens with one attached hydrogen (secondary N) is 2. The van der Waals surface area contributed by atoms with Crippen molar-refractivity contribution in [3.63, 3.8) is 0 Å². The van der Waals surface area contributed by atoms with Gasteiger partial charge in [-0.25, -0.2) is 0 Å². The number of aryl methyl sites for hydroxylation is 1. The van der Waals surface area contributed by atoms with Crippen molar-refractivity contribution in [3.8, 4) is 28.1 Å². The molecule has 0 unspecified atom stereocenters. The number of carbonyl (C=O) groups excluding carboxylic acids is 2. The van der Waals surface area contributed by atoms with E-state index in [-0.39, 0.29) is 17.7 Å². The number of thiophene rings is 1. The van der Waals surface area contributed by atoms with Crippen molar-refractivity contribution < 1.29 is 24.2 Å². The van der Waals surface area contributed by atoms with Crippen molar-refractivity contribution in [2.75, 3.05) is 6.61 Å². The van der Waals surface area contributed by atoms with E-state index in [2.05, 4.69) is 56.5 Å². The predicted molar refractivity (Wildman–Crippen MR) is 197 cm³/mol. The molecule has 2 amide bonds. The number of aliphatic carboxylic acids is 1. The lowest BCUT2D eigenvalue weighted by atomic mass is 9.95. The third kappa shape index (κ3) is 10.7. The minimum absolute atomic E-state index is 0.111. The minimum Gasteiger partial charge on any atom is -0.494 e. The Balaban J connectivity index is 1.43. The van der Waals surface area contributed by atoms with E-state index in [0.29, 0.717) is 4.88 Å². The molecule has 2 aromatic carbocycles. The lowest BCUT2D eigenvalue weighted by molar-refractivity contribution is -0.141. The van der Waals surface area contributed by atoms with E-state index < -0.39 is 24.0 Å². The van der Waals surface area contributed by atoms with Gasteiger partial charge in [-0.3, -0.25) is 19.4 Å². The molecule has 4 aromatic rings. The average molecular weight is 684 g/mol. The summed E-state index contributed by atoms with van der Waals surface area (Å²) in [6.07, 6.45) is 8.10. The van der Waals surface area contributed by atoms with Crippen molar-refractivity contribution in [2.24, 2.45) is 0 Å². The Morgan fingerprint density at radius 1 is 0.878 bits per heavy atom. The number of unbranched alkanes of at least 4 members (excludes halogenated alkanes) is 4. The van der Waals surface area contributed by atoms with Crippen molar-refractivity contribution >= 4 is 29.1 Å². The number of hydrogen-bond donors (Lipinski definition) is 3. The summed E-state index contributed by atoms with van der Waals surface area (Å²) in [4.78, 5) is 44.1. The highest BCUT2D eigenvalue weighted by molar-refractivity contribution is 7.14. The summed E-state index contributed by atoms with van der Waals surface area (Å²) >= 11 is 1.38. The van der Waals surface area contributed by atoms with Crippen LogP contribution >= 0.6 is 11.3 Å². The van der Waals surface area contributed by atoms with Crippen LogP contribution in [0.5, 0.6) is 5.75 Å². The third-order valence-electron chi connectivity index (χ3n) is 8.37. The van der Waals surface area contributed by atoms with Gasteiger partial charge in [0.15, 0.2) is 0 Å². The summed E-state index contributed by atoms with van der Waals surface area (Å²) in [5, 5.41) is 14.7. The first kappa shape index (κ1) is 37.3. The van der Waals surface area contributed by atoms with E-state index in [4.69, 9.17) is 9.72 Å². The lowest BCUT2D eigenvalue weighted by Crippen LogP contribution is -2.51. The molecule has 0 saturated heterocycles. The Kier molecular flexibility index (Phi) is 13.1. The van der Waals surface area contributed by atoms with E-state index in [9.17, 15) is 19.5 Å². The van der Waals surface area contributed by atoms with Gasteiger partial charge in [-0.1, -0.05) is 89.8 Å². The Morgan fingerprint density at radius 3 is 2.16 bits per heavy atom. The zero-order chi connectivity index (χ0) is 35.6. The number of carboxylic acid groups (broad SMARTS) is 1. The molecule has 0 saturated carbocycles. The van der Waals surface area contributed by atoms with Crippen molar-refractivity contribution in [2.45, 2.75) is 97.6 Å². The van der Waals surface area contributed by atoms with E-state index in [1.54, 1.807) is 6.07 Å². The van der Waals surface area contributed by atoms with Crippen LogP contribution < -0.4 is 15.4 Å². The number of aromatic nitrogens is 1. The largest absolute Gasteiger partial charge is 0.494 e. The van der Waals surface area contributed by atoms with Gasteiger partial charge in [0.05, 0.1) is 17.2 Å². The second kappa shape index (κ2) is 17.2. The van der Waals surface area contributed by atoms with Crippen molar-refractivity contribution in [3.05, 3.63) is 93.8 Å². The molecular formula is C40H49N3O5S. The Morgan fingerprint density at radius 2 is 1.55 bits per heavy atom. The second-order valence-electron chi connectivity index (χ2n) is 13.6. The van der Waals surface area contributed by atoms with Gasteiger partial charge in [-0.05, 0) is 72.7 Å². The molecule has 8 nitrogen and oxygen atoms in total. The summed E-state index contributed by atoms with van der Waals surface area (Å²) < 4.78 is 5.92. The number of carboxylic acids is 1. The number of carbonyl (C=O) groups is 3. The van der Waals surface area contributed by atoms with Gasteiger partial charge < -0.3 is 20.5 Å². The summed E-state index contributed by atoms with van der Waals surface area (Å²) in [7, 11) is 0. The number of amides is 2. The van der Waals surface area contributed by atoms with Crippen LogP contribution in [0.15, 0.2) is 72.9 Å². The monoisotopic (exact) mass is 683 g/mol. The zero-order valence-electron chi connectivity index (χ0n) is 29.5. The van der Waals surface area contributed by atoms with Crippen LogP contribution in [0.1, 0.15) is 92.4 Å². The average Bonchev–Trinajstić information content (AvgIpc) is 3.58. The molecule has 0 bridgehead atoms. The first-order valence-corrected chi connectivity index (χ1v) is 17.9. The molecular weight excluding hydrogens is 635 g/mol. The van der Waals surface area contributed by atoms with Gasteiger partial charge in [0.1, 0.15) is 17.8 Å². The number of pyridine rings is 1. The summed E-state index contributed by atoms with van der Waals surface area (Å²) in [5.41, 5.74) is 5.58. The molecule has 2 heterocycles. The molecule has 3 N–H and O–H groups in total. The molecule has 0 aliphatic carbocycles. The van der Waals surface area contributed by atoms with Gasteiger partial charge in [-0.2, -0.15) is 0 Å². The van der Waals surface area contributed by atoms with E-state index >= 15 is 0 Å². The minimum atomic E-state index is -1.15. The van der Waals surface area contributed by atoms with Crippen LogP contribution in [-0.4, -0.2) is 46.6 Å². The van der Waals surface area contributed by atoms with E-state index in [1.165, 1.54) is 43.9 Å². The van der Waals surface area contributed by atoms with Crippen molar-refractivity contribution in [1.29, 1.82) is 0 Å². The highest BCUT2D eigenvalue weighted by atomic mass is 32.1. The molecule has 0 radical (unpaired) electrons. The fourth-order valence-corrected chi connectivity index (χ4v) is 6.35. The van der Waals surface area contributed by atoms with Crippen LogP contribution in [0.2, 0.25) is 0 Å². The Bertz CT molecular complexity index is 1710. The second-order valence-corrected chi connectivity index (χ2v) is 14.7. The molecule has 0 aliphatic rings. The summed E-state index contributed by atoms with van der Waals surface area (Å²) in [6.45, 7) is 12.6. The maximum absolute atomic E-state index is 13.2. The molecule has 0 spiro atoms. The summed E-state index contributed by atoms with van der Waals surface area (Å²) in [6, 6.07) is 19.6. The molecule has 9 heteroatoms. The van der Waals surface area contributed by atoms with E-state index in [0.717, 1.165) is 57.2 Å². The lowest BCUT2D eigenvalue weighted by Gasteiger charge is -2.20. The normalized spacial score (nSPS) is 12.6. The molecule has 260 valence electrons. The fraction of sp³-hybridized carbons (Fsp3) is 0.400. The first-order valence-electron chi connectivity index (χ1n) is 17.1. The quantitative estimate of drug-likeness (QED) is 0.102.